The molecule has 3 aromatic rings. The molecule has 0 saturated carbocycles. The minimum Gasteiger partial charge on any atom is -0.325 e. The van der Waals surface area contributed by atoms with Crippen LogP contribution in [0.1, 0.15) is 29.7 Å². The van der Waals surface area contributed by atoms with Crippen LogP contribution < -0.4 is 5.32 Å². The molecule has 116 valence electrons. The summed E-state index contributed by atoms with van der Waals surface area (Å²) < 4.78 is 1.94. The van der Waals surface area contributed by atoms with E-state index in [4.69, 9.17) is 0 Å². The highest BCUT2D eigenvalue weighted by molar-refractivity contribution is 5.93. The molecule has 0 spiro atoms. The number of anilines is 1. The molecule has 1 aromatic carbocycles. The van der Waals surface area contributed by atoms with Crippen LogP contribution >= 0.6 is 0 Å². The first-order valence-electron chi connectivity index (χ1n) is 8.13. The van der Waals surface area contributed by atoms with Crippen LogP contribution in [-0.4, -0.2) is 15.3 Å². The smallest absolute Gasteiger partial charge is 0.230 e. The van der Waals surface area contributed by atoms with Gasteiger partial charge < -0.3 is 9.72 Å². The molecule has 2 aromatic heterocycles. The van der Waals surface area contributed by atoms with Crippen molar-refractivity contribution in [2.24, 2.45) is 0 Å². The quantitative estimate of drug-likeness (QED) is 0.806. The second-order valence-corrected chi connectivity index (χ2v) is 6.07. The number of aromatic nitrogens is 2. The van der Waals surface area contributed by atoms with Crippen molar-refractivity contribution in [3.05, 3.63) is 65.6 Å². The number of aryl methyl sites for hydroxylation is 1. The first-order valence-corrected chi connectivity index (χ1v) is 8.13. The Morgan fingerprint density at radius 3 is 2.96 bits per heavy atom. The lowest BCUT2D eigenvalue weighted by Gasteiger charge is -2.19. The second kappa shape index (κ2) is 5.88. The topological polar surface area (TPSA) is 46.4 Å². The van der Waals surface area contributed by atoms with Crippen molar-refractivity contribution in [3.8, 4) is 0 Å². The van der Waals surface area contributed by atoms with E-state index in [0.717, 1.165) is 29.9 Å². The van der Waals surface area contributed by atoms with Crippen LogP contribution in [0.15, 0.2) is 48.8 Å². The summed E-state index contributed by atoms with van der Waals surface area (Å²) in [6.45, 7) is 0. The van der Waals surface area contributed by atoms with Crippen LogP contribution in [0.5, 0.6) is 0 Å². The Morgan fingerprint density at radius 1 is 1.13 bits per heavy atom. The van der Waals surface area contributed by atoms with Gasteiger partial charge in [-0.3, -0.25) is 4.79 Å². The highest BCUT2D eigenvalue weighted by atomic mass is 16.1. The molecule has 1 amide bonds. The minimum atomic E-state index is -0.00706. The Hall–Kier alpha value is -2.62. The van der Waals surface area contributed by atoms with Crippen LogP contribution in [0.2, 0.25) is 0 Å². The highest BCUT2D eigenvalue weighted by Crippen LogP contribution is 2.27. The zero-order valence-electron chi connectivity index (χ0n) is 13.0. The van der Waals surface area contributed by atoms with E-state index < -0.39 is 0 Å². The van der Waals surface area contributed by atoms with Crippen molar-refractivity contribution in [3.63, 3.8) is 0 Å². The Labute approximate surface area is 135 Å². The lowest BCUT2D eigenvalue weighted by atomic mass is 9.90. The predicted octanol–water partition coefficient (Wildman–Crippen LogP) is 3.39. The largest absolute Gasteiger partial charge is 0.325 e. The van der Waals surface area contributed by atoms with Crippen LogP contribution in [0.4, 0.5) is 5.69 Å². The minimum absolute atomic E-state index is 0.00706. The van der Waals surface area contributed by atoms with Crippen LogP contribution in [0.3, 0.4) is 0 Å². The summed E-state index contributed by atoms with van der Waals surface area (Å²) in [7, 11) is 0. The highest BCUT2D eigenvalue weighted by Gasteiger charge is 2.15. The van der Waals surface area contributed by atoms with Crippen LogP contribution in [0.25, 0.3) is 5.65 Å². The number of nitrogens with zero attached hydrogens (tertiary/aromatic N) is 2. The maximum Gasteiger partial charge on any atom is 0.230 e. The molecule has 0 bridgehead atoms. The standard InChI is InChI=1S/C19H19N3O/c23-19(12-15-13-22-11-4-3-10-18(22)20-15)21-17-9-5-7-14-6-1-2-8-16(14)17/h3-5,7,9-11,13H,1-2,6,8,12H2,(H,21,23). The van der Waals surface area contributed by atoms with Gasteiger partial charge in [-0.05, 0) is 55.0 Å². The molecule has 4 nitrogen and oxygen atoms in total. The molecule has 0 saturated heterocycles. The molecule has 0 atom stereocenters. The summed E-state index contributed by atoms with van der Waals surface area (Å²) in [6, 6.07) is 12.1. The van der Waals surface area contributed by atoms with Crippen molar-refractivity contribution in [1.29, 1.82) is 0 Å². The molecule has 0 unspecified atom stereocenters. The van der Waals surface area contributed by atoms with Crippen molar-refractivity contribution < 1.29 is 4.79 Å². The van der Waals surface area contributed by atoms with Gasteiger partial charge >= 0.3 is 0 Å². The molecule has 0 aliphatic heterocycles. The first kappa shape index (κ1) is 14.0. The Kier molecular flexibility index (Phi) is 3.58. The molecular weight excluding hydrogens is 286 g/mol. The number of hydrogen-bond acceptors (Lipinski definition) is 2. The van der Waals surface area contributed by atoms with E-state index >= 15 is 0 Å². The normalized spacial score (nSPS) is 13.7. The molecule has 1 aliphatic carbocycles. The molecule has 23 heavy (non-hydrogen) atoms. The maximum atomic E-state index is 12.4. The average molecular weight is 305 g/mol. The van der Waals surface area contributed by atoms with Gasteiger partial charge in [-0.1, -0.05) is 18.2 Å². The van der Waals surface area contributed by atoms with Gasteiger partial charge in [-0.2, -0.15) is 0 Å². The molecule has 0 fully saturated rings. The van der Waals surface area contributed by atoms with Crippen LogP contribution in [-0.2, 0) is 24.1 Å². The number of imidazole rings is 1. The Morgan fingerprint density at radius 2 is 2.04 bits per heavy atom. The Balaban J connectivity index is 1.52. The fraction of sp³-hybridized carbons (Fsp3) is 0.263. The molecule has 4 rings (SSSR count). The van der Waals surface area contributed by atoms with Crippen molar-refractivity contribution in [2.75, 3.05) is 5.32 Å². The Bertz CT molecular complexity index is 833. The molecule has 1 N–H and O–H groups in total. The van der Waals surface area contributed by atoms with Gasteiger partial charge in [-0.25, -0.2) is 4.98 Å². The SMILES string of the molecule is O=C(Cc1cn2ccccc2n1)Nc1cccc2c1CCCC2. The van der Waals surface area contributed by atoms with Gasteiger partial charge in [0, 0.05) is 18.1 Å². The third-order valence-electron chi connectivity index (χ3n) is 4.43. The summed E-state index contributed by atoms with van der Waals surface area (Å²) in [4.78, 5) is 16.9. The van der Waals surface area contributed by atoms with Gasteiger partial charge in [-0.15, -0.1) is 0 Å². The van der Waals surface area contributed by atoms with Crippen molar-refractivity contribution in [1.82, 2.24) is 9.38 Å². The number of fused-ring (bicyclic) bond motifs is 2. The van der Waals surface area contributed by atoms with Gasteiger partial charge in [0.2, 0.25) is 5.91 Å². The maximum absolute atomic E-state index is 12.4. The summed E-state index contributed by atoms with van der Waals surface area (Å²) in [5, 5.41) is 3.07. The second-order valence-electron chi connectivity index (χ2n) is 6.07. The fourth-order valence-corrected chi connectivity index (χ4v) is 3.33. The summed E-state index contributed by atoms with van der Waals surface area (Å²) in [5.41, 5.74) is 5.31. The number of carbonyl (C=O) groups is 1. The molecule has 2 heterocycles. The van der Waals surface area contributed by atoms with E-state index in [1.165, 1.54) is 24.0 Å². The third-order valence-corrected chi connectivity index (χ3v) is 4.43. The zero-order valence-corrected chi connectivity index (χ0v) is 13.0. The number of amides is 1. The van der Waals surface area contributed by atoms with E-state index in [1.807, 2.05) is 47.1 Å². The van der Waals surface area contributed by atoms with Gasteiger partial charge in [0.05, 0.1) is 12.1 Å². The number of nitrogens with one attached hydrogen (secondary N) is 1. The number of hydrogen-bond donors (Lipinski definition) is 1. The molecule has 1 aliphatic rings. The lowest BCUT2D eigenvalue weighted by Crippen LogP contribution is -2.17. The van der Waals surface area contributed by atoms with Crippen molar-refractivity contribution >= 4 is 17.2 Å². The number of benzene rings is 1. The van der Waals surface area contributed by atoms with E-state index in [0.29, 0.717) is 6.42 Å². The fourth-order valence-electron chi connectivity index (χ4n) is 3.33. The summed E-state index contributed by atoms with van der Waals surface area (Å²) in [5.74, 6) is -0.00706. The van der Waals surface area contributed by atoms with Crippen LogP contribution in [0, 0.1) is 0 Å². The summed E-state index contributed by atoms with van der Waals surface area (Å²) in [6.07, 6.45) is 8.77. The molecule has 0 radical (unpaired) electrons. The van der Waals surface area contributed by atoms with E-state index in [9.17, 15) is 4.79 Å². The average Bonchev–Trinajstić information content (AvgIpc) is 2.97. The van der Waals surface area contributed by atoms with Gasteiger partial charge in [0.25, 0.3) is 0 Å². The summed E-state index contributed by atoms with van der Waals surface area (Å²) >= 11 is 0. The monoisotopic (exact) mass is 305 g/mol. The first-order chi connectivity index (χ1) is 11.3. The third kappa shape index (κ3) is 2.84. The van der Waals surface area contributed by atoms with E-state index in [-0.39, 0.29) is 5.91 Å². The van der Waals surface area contributed by atoms with Gasteiger partial charge in [0.1, 0.15) is 5.65 Å². The number of pyridine rings is 1. The number of rotatable bonds is 3. The molecule has 4 heteroatoms. The zero-order chi connectivity index (χ0) is 15.6. The van der Waals surface area contributed by atoms with E-state index in [2.05, 4.69) is 16.4 Å². The van der Waals surface area contributed by atoms with Gasteiger partial charge in [0.15, 0.2) is 0 Å². The molecular formula is C19H19N3O. The number of carbonyl (C=O) groups excluding carboxylic acids is 1. The predicted molar refractivity (Wildman–Crippen MR) is 90.6 cm³/mol. The lowest BCUT2D eigenvalue weighted by molar-refractivity contribution is -0.115. The van der Waals surface area contributed by atoms with Crippen molar-refractivity contribution in [2.45, 2.75) is 32.1 Å². The van der Waals surface area contributed by atoms with E-state index in [1.54, 1.807) is 0 Å².